The van der Waals surface area contributed by atoms with Crippen molar-refractivity contribution in [3.05, 3.63) is 35.3 Å². The summed E-state index contributed by atoms with van der Waals surface area (Å²) in [6.07, 6.45) is 2.89. The second-order valence-corrected chi connectivity index (χ2v) is 3.07. The van der Waals surface area contributed by atoms with Crippen LogP contribution in [0, 0.1) is 0 Å². The smallest absolute Gasteiger partial charge is 0.252 e. The lowest BCUT2D eigenvalue weighted by Gasteiger charge is -1.97. The summed E-state index contributed by atoms with van der Waals surface area (Å²) in [4.78, 5) is 11.0. The molecule has 1 heterocycles. The number of halogens is 1. The van der Waals surface area contributed by atoms with Gasteiger partial charge in [0.2, 0.25) is 0 Å². The number of rotatable bonds is 3. The highest BCUT2D eigenvalue weighted by Gasteiger charge is 2.05. The number of nitrogens with one attached hydrogen (secondary N) is 1. The number of aromatic nitrogens is 2. The second-order valence-electron chi connectivity index (χ2n) is 2.66. The molecule has 1 N–H and O–H groups in total. The minimum Gasteiger partial charge on any atom is -0.346 e. The van der Waals surface area contributed by atoms with Gasteiger partial charge in [0.1, 0.15) is 5.69 Å². The zero-order chi connectivity index (χ0) is 10.6. The largest absolute Gasteiger partial charge is 0.346 e. The van der Waals surface area contributed by atoms with Gasteiger partial charge >= 0.3 is 0 Å². The molecule has 1 amide bonds. The molecule has 0 atom stereocenters. The molecular formula is C9H10ClN3O. The quantitative estimate of drug-likeness (QED) is 0.600. The van der Waals surface area contributed by atoms with Gasteiger partial charge in [-0.25, -0.2) is 0 Å². The molecule has 4 nitrogen and oxygen atoms in total. The minimum absolute atomic E-state index is 0.262. The molecule has 0 radical (unpaired) electrons. The Bertz CT molecular complexity index is 391. The van der Waals surface area contributed by atoms with Crippen molar-refractivity contribution >= 4 is 17.5 Å². The highest BCUT2D eigenvalue weighted by molar-refractivity contribution is 6.31. The molecule has 0 aliphatic carbocycles. The third-order valence-electron chi connectivity index (χ3n) is 1.52. The van der Waals surface area contributed by atoms with E-state index in [1.807, 2.05) is 0 Å². The van der Waals surface area contributed by atoms with Crippen LogP contribution in [-0.4, -0.2) is 15.7 Å². The molecule has 0 fully saturated rings. The Hall–Kier alpha value is -1.51. The minimum atomic E-state index is -0.262. The van der Waals surface area contributed by atoms with E-state index in [0.29, 0.717) is 17.3 Å². The average Bonchev–Trinajstić information content (AvgIpc) is 2.42. The third kappa shape index (κ3) is 2.76. The van der Waals surface area contributed by atoms with Crippen LogP contribution in [0.5, 0.6) is 0 Å². The van der Waals surface area contributed by atoms with Gasteiger partial charge in [0, 0.05) is 19.3 Å². The lowest BCUT2D eigenvalue weighted by atomic mass is 10.4. The number of aryl methyl sites for hydroxylation is 1. The van der Waals surface area contributed by atoms with Crippen LogP contribution < -0.4 is 5.32 Å². The van der Waals surface area contributed by atoms with Crippen LogP contribution in [-0.2, 0) is 18.4 Å². The van der Waals surface area contributed by atoms with Gasteiger partial charge in [-0.3, -0.25) is 9.48 Å². The molecule has 0 unspecified atom stereocenters. The van der Waals surface area contributed by atoms with Gasteiger partial charge in [0.25, 0.3) is 5.91 Å². The molecule has 0 aromatic carbocycles. The maximum absolute atomic E-state index is 11.0. The highest BCUT2D eigenvalue weighted by Crippen LogP contribution is 2.12. The SMILES string of the molecule is C=C=CC(=O)NCc1nn(C)cc1Cl. The number of hydrogen-bond donors (Lipinski definition) is 1. The Labute approximate surface area is 86.9 Å². The normalized spacial score (nSPS) is 9.29. The lowest BCUT2D eigenvalue weighted by Crippen LogP contribution is -2.20. The predicted octanol–water partition coefficient (Wildman–Crippen LogP) is 1.03. The Morgan fingerprint density at radius 3 is 3.14 bits per heavy atom. The molecule has 5 heteroatoms. The summed E-state index contributed by atoms with van der Waals surface area (Å²) in [6.45, 7) is 3.59. The van der Waals surface area contributed by atoms with Gasteiger partial charge in [-0.1, -0.05) is 18.2 Å². The number of carbonyl (C=O) groups excluding carboxylic acids is 1. The topological polar surface area (TPSA) is 46.9 Å². The molecule has 1 aromatic rings. The summed E-state index contributed by atoms with van der Waals surface area (Å²) in [5, 5.41) is 7.20. The van der Waals surface area contributed by atoms with Crippen LogP contribution in [0.15, 0.2) is 24.6 Å². The van der Waals surface area contributed by atoms with Crippen molar-refractivity contribution in [3.63, 3.8) is 0 Å². The molecule has 0 saturated heterocycles. The van der Waals surface area contributed by atoms with Crippen LogP contribution in [0.25, 0.3) is 0 Å². The molecule has 0 bridgehead atoms. The van der Waals surface area contributed by atoms with Crippen LogP contribution in [0.4, 0.5) is 0 Å². The molecule has 0 aliphatic heterocycles. The van der Waals surface area contributed by atoms with E-state index in [9.17, 15) is 4.79 Å². The predicted molar refractivity (Wildman–Crippen MR) is 53.8 cm³/mol. The fourth-order valence-corrected chi connectivity index (χ4v) is 1.19. The Morgan fingerprint density at radius 2 is 2.64 bits per heavy atom. The van der Waals surface area contributed by atoms with E-state index in [2.05, 4.69) is 22.7 Å². The first-order chi connectivity index (χ1) is 6.63. The summed E-state index contributed by atoms with van der Waals surface area (Å²) in [7, 11) is 1.76. The van der Waals surface area contributed by atoms with E-state index in [0.717, 1.165) is 0 Å². The first-order valence-electron chi connectivity index (χ1n) is 3.95. The number of carbonyl (C=O) groups is 1. The Morgan fingerprint density at radius 1 is 1.93 bits per heavy atom. The van der Waals surface area contributed by atoms with E-state index >= 15 is 0 Å². The molecule has 1 rings (SSSR count). The first kappa shape index (κ1) is 10.6. The van der Waals surface area contributed by atoms with Crippen molar-refractivity contribution in [2.45, 2.75) is 6.54 Å². The highest BCUT2D eigenvalue weighted by atomic mass is 35.5. The van der Waals surface area contributed by atoms with Gasteiger partial charge in [-0.15, -0.1) is 5.73 Å². The maximum atomic E-state index is 11.0. The monoisotopic (exact) mass is 211 g/mol. The Kier molecular flexibility index (Phi) is 3.51. The van der Waals surface area contributed by atoms with E-state index in [-0.39, 0.29) is 5.91 Å². The van der Waals surface area contributed by atoms with Gasteiger partial charge < -0.3 is 5.32 Å². The van der Waals surface area contributed by atoms with Crippen molar-refractivity contribution < 1.29 is 4.79 Å². The van der Waals surface area contributed by atoms with Crippen LogP contribution in [0.1, 0.15) is 5.69 Å². The van der Waals surface area contributed by atoms with Crippen molar-refractivity contribution in [2.24, 2.45) is 7.05 Å². The van der Waals surface area contributed by atoms with Gasteiger partial charge in [0.15, 0.2) is 0 Å². The van der Waals surface area contributed by atoms with Crippen LogP contribution >= 0.6 is 11.6 Å². The average molecular weight is 212 g/mol. The van der Waals surface area contributed by atoms with Gasteiger partial charge in [0.05, 0.1) is 11.6 Å². The van der Waals surface area contributed by atoms with Gasteiger partial charge in [-0.05, 0) is 0 Å². The fourth-order valence-electron chi connectivity index (χ4n) is 0.940. The third-order valence-corrected chi connectivity index (χ3v) is 1.83. The second kappa shape index (κ2) is 4.65. The number of amides is 1. The lowest BCUT2D eigenvalue weighted by molar-refractivity contribution is -0.116. The first-order valence-corrected chi connectivity index (χ1v) is 4.33. The van der Waals surface area contributed by atoms with E-state index in [1.165, 1.54) is 6.08 Å². The summed E-state index contributed by atoms with van der Waals surface area (Å²) < 4.78 is 1.59. The van der Waals surface area contributed by atoms with Crippen LogP contribution in [0.3, 0.4) is 0 Å². The number of hydrogen-bond acceptors (Lipinski definition) is 2. The molecule has 0 saturated carbocycles. The molecule has 0 aliphatic rings. The maximum Gasteiger partial charge on any atom is 0.252 e. The van der Waals surface area contributed by atoms with Gasteiger partial charge in [-0.2, -0.15) is 5.10 Å². The molecule has 1 aromatic heterocycles. The standard InChI is InChI=1S/C9H10ClN3O/c1-3-4-9(14)11-5-8-7(10)6-13(2)12-8/h4,6H,1,5H2,2H3,(H,11,14). The zero-order valence-corrected chi connectivity index (χ0v) is 8.51. The zero-order valence-electron chi connectivity index (χ0n) is 7.75. The Balaban J connectivity index is 2.57. The van der Waals surface area contributed by atoms with E-state index in [1.54, 1.807) is 17.9 Å². The summed E-state index contributed by atoms with van der Waals surface area (Å²) in [5.41, 5.74) is 3.02. The number of nitrogens with zero attached hydrogens (tertiary/aromatic N) is 2. The summed E-state index contributed by atoms with van der Waals surface area (Å²) in [5.74, 6) is -0.262. The van der Waals surface area contributed by atoms with Crippen molar-refractivity contribution in [3.8, 4) is 0 Å². The fraction of sp³-hybridized carbons (Fsp3) is 0.222. The van der Waals surface area contributed by atoms with Crippen molar-refractivity contribution in [1.82, 2.24) is 15.1 Å². The summed E-state index contributed by atoms with van der Waals surface area (Å²) >= 11 is 5.83. The molecular weight excluding hydrogens is 202 g/mol. The van der Waals surface area contributed by atoms with Crippen LogP contribution in [0.2, 0.25) is 5.02 Å². The molecule has 0 spiro atoms. The van der Waals surface area contributed by atoms with Crippen molar-refractivity contribution in [2.75, 3.05) is 0 Å². The molecule has 14 heavy (non-hydrogen) atoms. The summed E-state index contributed by atoms with van der Waals surface area (Å²) in [6, 6.07) is 0. The van der Waals surface area contributed by atoms with Crippen molar-refractivity contribution in [1.29, 1.82) is 0 Å². The molecule has 74 valence electrons. The van der Waals surface area contributed by atoms with E-state index < -0.39 is 0 Å². The van der Waals surface area contributed by atoms with E-state index in [4.69, 9.17) is 11.6 Å².